The minimum Gasteiger partial charge on any atom is -0.496 e. The predicted octanol–water partition coefficient (Wildman–Crippen LogP) is 4.50. The van der Waals surface area contributed by atoms with E-state index < -0.39 is 0 Å². The highest BCUT2D eigenvalue weighted by molar-refractivity contribution is 5.52. The van der Waals surface area contributed by atoms with Crippen molar-refractivity contribution in [2.45, 2.75) is 40.7 Å². The summed E-state index contributed by atoms with van der Waals surface area (Å²) in [6, 6.07) is 8.51. The van der Waals surface area contributed by atoms with Crippen LogP contribution in [0.4, 0.5) is 5.69 Å². The van der Waals surface area contributed by atoms with Crippen LogP contribution in [0.1, 0.15) is 41.0 Å². The zero-order chi connectivity index (χ0) is 15.6. The molecular formula is C18H24N2O. The quantitative estimate of drug-likeness (QED) is 0.897. The monoisotopic (exact) mass is 284 g/mol. The van der Waals surface area contributed by atoms with Gasteiger partial charge in [-0.1, -0.05) is 0 Å². The molecule has 112 valence electrons. The fraction of sp³-hybridized carbons (Fsp3) is 0.389. The highest BCUT2D eigenvalue weighted by atomic mass is 16.5. The molecule has 3 nitrogen and oxygen atoms in total. The van der Waals surface area contributed by atoms with Crippen molar-refractivity contribution >= 4 is 5.69 Å². The molecule has 0 bridgehead atoms. The first kappa shape index (κ1) is 15.4. The minimum absolute atomic E-state index is 0.214. The molecule has 3 heteroatoms. The summed E-state index contributed by atoms with van der Waals surface area (Å²) < 4.78 is 5.30. The molecule has 1 N–H and O–H groups in total. The summed E-state index contributed by atoms with van der Waals surface area (Å²) in [4.78, 5) is 4.58. The maximum absolute atomic E-state index is 5.30. The molecule has 1 heterocycles. The molecule has 2 rings (SSSR count). The maximum Gasteiger partial charge on any atom is 0.121 e. The van der Waals surface area contributed by atoms with Gasteiger partial charge in [0.05, 0.1) is 13.2 Å². The van der Waals surface area contributed by atoms with E-state index in [0.717, 1.165) is 28.4 Å². The lowest BCUT2D eigenvalue weighted by molar-refractivity contribution is 0.412. The fourth-order valence-corrected chi connectivity index (χ4v) is 2.98. The van der Waals surface area contributed by atoms with Crippen molar-refractivity contribution in [1.82, 2.24) is 4.98 Å². The van der Waals surface area contributed by atoms with Crippen molar-refractivity contribution in [1.29, 1.82) is 0 Å². The number of aryl methyl sites for hydroxylation is 4. The molecule has 0 radical (unpaired) electrons. The largest absolute Gasteiger partial charge is 0.496 e. The molecule has 0 fully saturated rings. The Bertz CT molecular complexity index is 627. The van der Waals surface area contributed by atoms with Gasteiger partial charge >= 0.3 is 0 Å². The molecule has 0 aliphatic rings. The van der Waals surface area contributed by atoms with E-state index in [1.54, 1.807) is 7.11 Å². The zero-order valence-corrected chi connectivity index (χ0v) is 13.7. The van der Waals surface area contributed by atoms with Crippen molar-refractivity contribution in [3.05, 3.63) is 52.3 Å². The number of rotatable bonds is 4. The van der Waals surface area contributed by atoms with Gasteiger partial charge in [-0.05, 0) is 75.6 Å². The molecular weight excluding hydrogens is 260 g/mol. The lowest BCUT2D eigenvalue weighted by atomic mass is 10.00. The van der Waals surface area contributed by atoms with Crippen LogP contribution >= 0.6 is 0 Å². The van der Waals surface area contributed by atoms with Crippen LogP contribution in [0.5, 0.6) is 5.75 Å². The molecule has 0 aliphatic heterocycles. The summed E-state index contributed by atoms with van der Waals surface area (Å²) in [7, 11) is 1.70. The maximum atomic E-state index is 5.30. The van der Waals surface area contributed by atoms with E-state index in [9.17, 15) is 0 Å². The number of benzene rings is 1. The van der Waals surface area contributed by atoms with Gasteiger partial charge in [0.1, 0.15) is 5.75 Å². The molecule has 1 unspecified atom stereocenters. The number of aromatic nitrogens is 1. The third-order valence-corrected chi connectivity index (χ3v) is 3.80. The Balaban J connectivity index is 2.26. The van der Waals surface area contributed by atoms with Crippen LogP contribution in [-0.4, -0.2) is 12.1 Å². The summed E-state index contributed by atoms with van der Waals surface area (Å²) >= 11 is 0. The van der Waals surface area contributed by atoms with E-state index >= 15 is 0 Å². The number of pyridine rings is 1. The molecule has 21 heavy (non-hydrogen) atoms. The van der Waals surface area contributed by atoms with Crippen LogP contribution < -0.4 is 10.1 Å². The van der Waals surface area contributed by atoms with Crippen molar-refractivity contribution in [2.75, 3.05) is 12.4 Å². The van der Waals surface area contributed by atoms with Gasteiger partial charge in [-0.15, -0.1) is 0 Å². The Morgan fingerprint density at radius 1 is 1.05 bits per heavy atom. The van der Waals surface area contributed by atoms with Gasteiger partial charge in [-0.3, -0.25) is 4.98 Å². The van der Waals surface area contributed by atoms with E-state index in [-0.39, 0.29) is 6.04 Å². The van der Waals surface area contributed by atoms with Gasteiger partial charge < -0.3 is 10.1 Å². The molecule has 1 aromatic carbocycles. The van der Waals surface area contributed by atoms with Gasteiger partial charge in [0, 0.05) is 17.1 Å². The Hall–Kier alpha value is -2.03. The average molecular weight is 284 g/mol. The lowest BCUT2D eigenvalue weighted by Gasteiger charge is -2.20. The Morgan fingerprint density at radius 3 is 2.33 bits per heavy atom. The van der Waals surface area contributed by atoms with E-state index in [1.165, 1.54) is 11.1 Å². The van der Waals surface area contributed by atoms with Crippen LogP contribution in [0, 0.1) is 27.7 Å². The first-order chi connectivity index (χ1) is 9.92. The van der Waals surface area contributed by atoms with Gasteiger partial charge in [-0.25, -0.2) is 0 Å². The van der Waals surface area contributed by atoms with Crippen LogP contribution in [0.25, 0.3) is 0 Å². The second kappa shape index (κ2) is 6.17. The summed E-state index contributed by atoms with van der Waals surface area (Å²) in [6.45, 7) is 10.5. The van der Waals surface area contributed by atoms with E-state index in [2.05, 4.69) is 56.2 Å². The number of hydrogen-bond donors (Lipinski definition) is 1. The first-order valence-corrected chi connectivity index (χ1v) is 7.28. The molecule has 0 amide bonds. The van der Waals surface area contributed by atoms with Crippen LogP contribution in [-0.2, 0) is 0 Å². The van der Waals surface area contributed by atoms with Gasteiger partial charge in [0.15, 0.2) is 0 Å². The van der Waals surface area contributed by atoms with Crippen LogP contribution in [0.3, 0.4) is 0 Å². The van der Waals surface area contributed by atoms with Gasteiger partial charge in [-0.2, -0.15) is 0 Å². The number of methoxy groups -OCH3 is 1. The smallest absolute Gasteiger partial charge is 0.121 e. The predicted molar refractivity (Wildman–Crippen MR) is 88.2 cm³/mol. The standard InChI is InChI=1S/C18H24N2O/c1-11-10-16(7-8-17(11)21-6)20-15(5)18-12(2)9-13(3)19-14(18)4/h7-10,15,20H,1-6H3. The van der Waals surface area contributed by atoms with E-state index in [0.29, 0.717) is 0 Å². The fourth-order valence-electron chi connectivity index (χ4n) is 2.98. The topological polar surface area (TPSA) is 34.1 Å². The Labute approximate surface area is 127 Å². The Morgan fingerprint density at radius 2 is 1.76 bits per heavy atom. The molecule has 1 aromatic heterocycles. The molecule has 0 saturated heterocycles. The number of hydrogen-bond acceptors (Lipinski definition) is 3. The van der Waals surface area contributed by atoms with Crippen LogP contribution in [0.15, 0.2) is 24.3 Å². The highest BCUT2D eigenvalue weighted by Crippen LogP contribution is 2.27. The van der Waals surface area contributed by atoms with E-state index in [4.69, 9.17) is 4.74 Å². The molecule has 0 spiro atoms. The molecule has 0 aliphatic carbocycles. The van der Waals surface area contributed by atoms with E-state index in [1.807, 2.05) is 13.0 Å². The summed E-state index contributed by atoms with van der Waals surface area (Å²) in [5.41, 5.74) is 6.95. The average Bonchev–Trinajstić information content (AvgIpc) is 2.37. The third kappa shape index (κ3) is 3.35. The third-order valence-electron chi connectivity index (χ3n) is 3.80. The molecule has 0 saturated carbocycles. The first-order valence-electron chi connectivity index (χ1n) is 7.28. The van der Waals surface area contributed by atoms with Gasteiger partial charge in [0.25, 0.3) is 0 Å². The zero-order valence-electron chi connectivity index (χ0n) is 13.7. The second-order valence-electron chi connectivity index (χ2n) is 5.63. The summed E-state index contributed by atoms with van der Waals surface area (Å²) in [5, 5.41) is 3.56. The number of nitrogens with one attached hydrogen (secondary N) is 1. The Kier molecular flexibility index (Phi) is 4.51. The molecule has 1 atom stereocenters. The molecule has 2 aromatic rings. The van der Waals surface area contributed by atoms with Crippen molar-refractivity contribution in [3.8, 4) is 5.75 Å². The second-order valence-corrected chi connectivity index (χ2v) is 5.63. The summed E-state index contributed by atoms with van der Waals surface area (Å²) in [6.07, 6.45) is 0. The van der Waals surface area contributed by atoms with Crippen molar-refractivity contribution in [3.63, 3.8) is 0 Å². The van der Waals surface area contributed by atoms with Crippen molar-refractivity contribution < 1.29 is 4.74 Å². The van der Waals surface area contributed by atoms with Crippen molar-refractivity contribution in [2.24, 2.45) is 0 Å². The number of nitrogens with zero attached hydrogens (tertiary/aromatic N) is 1. The minimum atomic E-state index is 0.214. The lowest BCUT2D eigenvalue weighted by Crippen LogP contribution is -2.11. The SMILES string of the molecule is COc1ccc(NC(C)c2c(C)cc(C)nc2C)cc1C. The number of anilines is 1. The summed E-state index contributed by atoms with van der Waals surface area (Å²) in [5.74, 6) is 0.914. The normalized spacial score (nSPS) is 12.1. The van der Waals surface area contributed by atoms with Gasteiger partial charge in [0.2, 0.25) is 0 Å². The van der Waals surface area contributed by atoms with Crippen LogP contribution in [0.2, 0.25) is 0 Å². The number of ether oxygens (including phenoxy) is 1. The highest BCUT2D eigenvalue weighted by Gasteiger charge is 2.13.